The van der Waals surface area contributed by atoms with E-state index in [1.54, 1.807) is 12.5 Å². The number of imidazole rings is 1. The van der Waals surface area contributed by atoms with E-state index in [1.807, 2.05) is 28.8 Å². The highest BCUT2D eigenvalue weighted by Gasteiger charge is 2.13. The van der Waals surface area contributed by atoms with Gasteiger partial charge < -0.3 is 14.6 Å². The predicted octanol–water partition coefficient (Wildman–Crippen LogP) is 1.93. The van der Waals surface area contributed by atoms with Gasteiger partial charge in [0.15, 0.2) is 0 Å². The molecule has 86 valence electrons. The Balaban J connectivity index is 2.09. The molecular formula is C11H10N4OS. The highest BCUT2D eigenvalue weighted by atomic mass is 32.2. The summed E-state index contributed by atoms with van der Waals surface area (Å²) < 4.78 is 7.17. The molecule has 0 fully saturated rings. The third kappa shape index (κ3) is 1.81. The van der Waals surface area contributed by atoms with Crippen molar-refractivity contribution in [1.29, 1.82) is 0 Å². The molecule has 6 heteroatoms. The van der Waals surface area contributed by atoms with Crippen molar-refractivity contribution in [1.82, 2.24) is 14.4 Å². The van der Waals surface area contributed by atoms with Crippen LogP contribution < -0.4 is 5.73 Å². The molecule has 0 aromatic carbocycles. The van der Waals surface area contributed by atoms with Crippen LogP contribution in [0.15, 0.2) is 51.5 Å². The zero-order chi connectivity index (χ0) is 11.7. The molecule has 3 heterocycles. The van der Waals surface area contributed by atoms with Gasteiger partial charge in [0, 0.05) is 12.7 Å². The van der Waals surface area contributed by atoms with Gasteiger partial charge in [-0.2, -0.15) is 0 Å². The van der Waals surface area contributed by atoms with Crippen LogP contribution >= 0.6 is 11.8 Å². The van der Waals surface area contributed by atoms with Crippen molar-refractivity contribution in [3.8, 4) is 0 Å². The van der Waals surface area contributed by atoms with Crippen molar-refractivity contribution in [2.45, 2.75) is 16.8 Å². The average Bonchev–Trinajstić information content (AvgIpc) is 2.96. The van der Waals surface area contributed by atoms with Crippen molar-refractivity contribution < 1.29 is 4.42 Å². The zero-order valence-electron chi connectivity index (χ0n) is 8.91. The molecule has 0 aliphatic carbocycles. The first kappa shape index (κ1) is 10.4. The van der Waals surface area contributed by atoms with Crippen molar-refractivity contribution >= 4 is 17.4 Å². The molecule has 3 aromatic rings. The number of aromatic nitrogens is 3. The van der Waals surface area contributed by atoms with Gasteiger partial charge in [0.2, 0.25) is 0 Å². The maximum absolute atomic E-state index is 5.76. The fourth-order valence-electron chi connectivity index (χ4n) is 1.64. The Kier molecular flexibility index (Phi) is 2.58. The lowest BCUT2D eigenvalue weighted by atomic mass is 10.4. The molecule has 3 rings (SSSR count). The normalized spacial score (nSPS) is 11.1. The number of nitrogens with zero attached hydrogens (tertiary/aromatic N) is 3. The lowest BCUT2D eigenvalue weighted by molar-refractivity contribution is 0.454. The Labute approximate surface area is 102 Å². The number of nitrogens with two attached hydrogens (primary N) is 1. The van der Waals surface area contributed by atoms with Crippen LogP contribution in [0.4, 0.5) is 0 Å². The lowest BCUT2D eigenvalue weighted by Gasteiger charge is -1.98. The SMILES string of the molecule is NCc1c(Sc2ncco2)nc2ccccn12. The first-order chi connectivity index (χ1) is 8.38. The van der Waals surface area contributed by atoms with E-state index >= 15 is 0 Å². The highest BCUT2D eigenvalue weighted by molar-refractivity contribution is 7.99. The second kappa shape index (κ2) is 4.23. The highest BCUT2D eigenvalue weighted by Crippen LogP contribution is 2.28. The van der Waals surface area contributed by atoms with E-state index in [-0.39, 0.29) is 0 Å². The average molecular weight is 246 g/mol. The second-order valence-corrected chi connectivity index (χ2v) is 4.34. The van der Waals surface area contributed by atoms with E-state index in [1.165, 1.54) is 11.8 Å². The Morgan fingerprint density at radius 1 is 1.41 bits per heavy atom. The van der Waals surface area contributed by atoms with Gasteiger partial charge in [-0.05, 0) is 23.9 Å². The number of oxazole rings is 1. The van der Waals surface area contributed by atoms with Crippen LogP contribution in [0.5, 0.6) is 0 Å². The standard InChI is InChI=1S/C11H10N4OS/c12-7-8-10(17-11-13-4-6-16-11)14-9-3-1-2-5-15(8)9/h1-6H,7,12H2. The number of pyridine rings is 1. The van der Waals surface area contributed by atoms with Crippen molar-refractivity contribution in [3.05, 3.63) is 42.5 Å². The Hall–Kier alpha value is -1.79. The molecule has 17 heavy (non-hydrogen) atoms. The smallest absolute Gasteiger partial charge is 0.262 e. The van der Waals surface area contributed by atoms with E-state index in [0.29, 0.717) is 11.8 Å². The van der Waals surface area contributed by atoms with E-state index in [2.05, 4.69) is 9.97 Å². The number of hydrogen-bond acceptors (Lipinski definition) is 5. The van der Waals surface area contributed by atoms with Gasteiger partial charge in [0.1, 0.15) is 16.9 Å². The van der Waals surface area contributed by atoms with Gasteiger partial charge in [0.05, 0.1) is 11.9 Å². The summed E-state index contributed by atoms with van der Waals surface area (Å²) in [4.78, 5) is 8.57. The van der Waals surface area contributed by atoms with Crippen molar-refractivity contribution in [2.75, 3.05) is 0 Å². The molecule has 5 nitrogen and oxygen atoms in total. The minimum Gasteiger partial charge on any atom is -0.440 e. The maximum Gasteiger partial charge on any atom is 0.262 e. The van der Waals surface area contributed by atoms with Crippen molar-refractivity contribution in [3.63, 3.8) is 0 Å². The van der Waals surface area contributed by atoms with E-state index < -0.39 is 0 Å². The molecule has 0 atom stereocenters. The quantitative estimate of drug-likeness (QED) is 0.764. The molecule has 0 radical (unpaired) electrons. The third-order valence-corrected chi connectivity index (χ3v) is 3.28. The van der Waals surface area contributed by atoms with Gasteiger partial charge in [0.25, 0.3) is 5.22 Å². The Morgan fingerprint density at radius 2 is 2.35 bits per heavy atom. The molecule has 0 bridgehead atoms. The summed E-state index contributed by atoms with van der Waals surface area (Å²) in [5, 5.41) is 1.41. The fraction of sp³-hybridized carbons (Fsp3) is 0.0909. The third-order valence-electron chi connectivity index (χ3n) is 2.38. The molecule has 0 aliphatic heterocycles. The Bertz CT molecular complexity index is 632. The summed E-state index contributed by atoms with van der Waals surface area (Å²) in [6.45, 7) is 0.425. The van der Waals surface area contributed by atoms with Gasteiger partial charge in [-0.3, -0.25) is 0 Å². The summed E-state index contributed by atoms with van der Waals surface area (Å²) in [5.41, 5.74) is 7.60. The molecule has 0 saturated carbocycles. The van der Waals surface area contributed by atoms with Crippen LogP contribution in [0.25, 0.3) is 5.65 Å². The van der Waals surface area contributed by atoms with Crippen LogP contribution in [-0.2, 0) is 6.54 Å². The predicted molar refractivity (Wildman–Crippen MR) is 63.7 cm³/mol. The second-order valence-electron chi connectivity index (χ2n) is 3.40. The summed E-state index contributed by atoms with van der Waals surface area (Å²) in [6, 6.07) is 5.84. The van der Waals surface area contributed by atoms with Crippen LogP contribution in [0.1, 0.15) is 5.69 Å². The summed E-state index contributed by atoms with van der Waals surface area (Å²) in [5.74, 6) is 0. The molecule has 3 aromatic heterocycles. The topological polar surface area (TPSA) is 69.3 Å². The number of hydrogen-bond donors (Lipinski definition) is 1. The van der Waals surface area contributed by atoms with Crippen LogP contribution in [0.2, 0.25) is 0 Å². The van der Waals surface area contributed by atoms with Gasteiger partial charge >= 0.3 is 0 Å². The first-order valence-electron chi connectivity index (χ1n) is 5.12. The van der Waals surface area contributed by atoms with Gasteiger partial charge in [-0.15, -0.1) is 0 Å². The van der Waals surface area contributed by atoms with Crippen molar-refractivity contribution in [2.24, 2.45) is 5.73 Å². The largest absolute Gasteiger partial charge is 0.440 e. The van der Waals surface area contributed by atoms with E-state index in [4.69, 9.17) is 10.2 Å². The van der Waals surface area contributed by atoms with Crippen LogP contribution in [0.3, 0.4) is 0 Å². The molecule has 0 aliphatic rings. The zero-order valence-corrected chi connectivity index (χ0v) is 9.72. The fourth-order valence-corrected chi connectivity index (χ4v) is 2.46. The van der Waals surface area contributed by atoms with Crippen LogP contribution in [0, 0.1) is 0 Å². The van der Waals surface area contributed by atoms with Crippen LogP contribution in [-0.4, -0.2) is 14.4 Å². The van der Waals surface area contributed by atoms with E-state index in [9.17, 15) is 0 Å². The summed E-state index contributed by atoms with van der Waals surface area (Å²) >= 11 is 1.38. The number of fused-ring (bicyclic) bond motifs is 1. The molecular weight excluding hydrogens is 236 g/mol. The molecule has 0 amide bonds. The summed E-state index contributed by atoms with van der Waals surface area (Å²) in [6.07, 6.45) is 5.10. The molecule has 0 saturated heterocycles. The molecule has 2 N–H and O–H groups in total. The monoisotopic (exact) mass is 246 g/mol. The maximum atomic E-state index is 5.76. The first-order valence-corrected chi connectivity index (χ1v) is 5.93. The minimum atomic E-state index is 0.425. The Morgan fingerprint density at radius 3 is 3.12 bits per heavy atom. The minimum absolute atomic E-state index is 0.425. The van der Waals surface area contributed by atoms with Gasteiger partial charge in [-0.25, -0.2) is 9.97 Å². The lowest BCUT2D eigenvalue weighted by Crippen LogP contribution is -2.01. The molecule has 0 spiro atoms. The number of rotatable bonds is 3. The van der Waals surface area contributed by atoms with E-state index in [0.717, 1.165) is 16.4 Å². The molecule has 0 unspecified atom stereocenters. The van der Waals surface area contributed by atoms with Gasteiger partial charge in [-0.1, -0.05) is 6.07 Å². The summed E-state index contributed by atoms with van der Waals surface area (Å²) in [7, 11) is 0.